The number of hydrogen-bond donors (Lipinski definition) is 1. The minimum absolute atomic E-state index is 0.433. The van der Waals surface area contributed by atoms with E-state index in [1.165, 1.54) is 6.08 Å². The topological polar surface area (TPSA) is 64.6 Å². The van der Waals surface area contributed by atoms with E-state index in [9.17, 15) is 9.59 Å². The number of rotatable bonds is 2. The van der Waals surface area contributed by atoms with Crippen LogP contribution in [-0.4, -0.2) is 18.4 Å². The lowest BCUT2D eigenvalue weighted by atomic mass is 10.3. The van der Waals surface area contributed by atoms with Crippen molar-refractivity contribution < 1.29 is 19.1 Å². The van der Waals surface area contributed by atoms with Crippen molar-refractivity contribution in [3.8, 4) is 0 Å². The minimum Gasteiger partial charge on any atom is -0.418 e. The summed E-state index contributed by atoms with van der Waals surface area (Å²) >= 11 is 0. The highest BCUT2D eigenvalue weighted by Gasteiger charge is 2.25. The molecule has 0 fully saturated rings. The molecule has 17 heavy (non-hydrogen) atoms. The van der Waals surface area contributed by atoms with Crippen molar-refractivity contribution in [3.05, 3.63) is 42.0 Å². The van der Waals surface area contributed by atoms with Gasteiger partial charge < -0.3 is 9.47 Å². The maximum absolute atomic E-state index is 11.4. The molecule has 0 saturated carbocycles. The second kappa shape index (κ2) is 4.69. The van der Waals surface area contributed by atoms with Gasteiger partial charge in [0.05, 0.1) is 0 Å². The second-order valence-corrected chi connectivity index (χ2v) is 3.52. The molecule has 1 aliphatic rings. The van der Waals surface area contributed by atoms with E-state index >= 15 is 0 Å². The van der Waals surface area contributed by atoms with Gasteiger partial charge in [-0.15, -0.1) is 0 Å². The van der Waals surface area contributed by atoms with Crippen LogP contribution in [0.3, 0.4) is 0 Å². The fourth-order valence-electron chi connectivity index (χ4n) is 1.34. The molecule has 0 spiro atoms. The van der Waals surface area contributed by atoms with Crippen molar-refractivity contribution in [2.45, 2.75) is 13.2 Å². The zero-order chi connectivity index (χ0) is 12.3. The Morgan fingerprint density at radius 1 is 1.35 bits per heavy atom. The lowest BCUT2D eigenvalue weighted by Gasteiger charge is -2.10. The summed E-state index contributed by atoms with van der Waals surface area (Å²) in [6.45, 7) is 1.60. The van der Waals surface area contributed by atoms with Crippen LogP contribution in [0.25, 0.3) is 0 Å². The van der Waals surface area contributed by atoms with Crippen LogP contribution in [0.5, 0.6) is 0 Å². The summed E-state index contributed by atoms with van der Waals surface area (Å²) < 4.78 is 9.65. The number of esters is 1. The van der Waals surface area contributed by atoms with Crippen molar-refractivity contribution >= 4 is 17.7 Å². The summed E-state index contributed by atoms with van der Waals surface area (Å²) in [6, 6.07) is 8.86. The van der Waals surface area contributed by atoms with Crippen LogP contribution in [-0.2, 0) is 14.3 Å². The number of amides is 1. The number of benzene rings is 1. The molecule has 2 rings (SSSR count). The van der Waals surface area contributed by atoms with E-state index in [0.29, 0.717) is 11.3 Å². The Balaban J connectivity index is 1.89. The molecule has 88 valence electrons. The molecule has 0 radical (unpaired) electrons. The number of para-hydroxylation sites is 1. The highest BCUT2D eigenvalue weighted by Crippen LogP contribution is 2.15. The molecule has 5 nitrogen and oxygen atoms in total. The van der Waals surface area contributed by atoms with Crippen LogP contribution < -0.4 is 5.32 Å². The van der Waals surface area contributed by atoms with Gasteiger partial charge in [0.1, 0.15) is 0 Å². The second-order valence-electron chi connectivity index (χ2n) is 3.52. The molecule has 1 aromatic rings. The first kappa shape index (κ1) is 11.2. The van der Waals surface area contributed by atoms with Crippen molar-refractivity contribution in [2.75, 3.05) is 5.32 Å². The van der Waals surface area contributed by atoms with E-state index in [-0.39, 0.29) is 0 Å². The third-order valence-electron chi connectivity index (χ3n) is 2.17. The predicted molar refractivity (Wildman–Crippen MR) is 60.2 cm³/mol. The standard InChI is InChI=1S/C12H11NO4/c1-8-7-10(16-11(8)14)17-12(15)13-9-5-3-2-4-6-9/h2-7,10H,1H3,(H,13,15)/t10-/m1/s1. The number of ether oxygens (including phenoxy) is 2. The van der Waals surface area contributed by atoms with Gasteiger partial charge in [-0.3, -0.25) is 5.32 Å². The number of carbonyl (C=O) groups excluding carboxylic acids is 2. The molecule has 0 unspecified atom stereocenters. The summed E-state index contributed by atoms with van der Waals surface area (Å²) in [5.74, 6) is -0.470. The highest BCUT2D eigenvalue weighted by atomic mass is 16.7. The summed E-state index contributed by atoms with van der Waals surface area (Å²) in [6.07, 6.45) is -0.154. The Bertz CT molecular complexity index is 467. The Morgan fingerprint density at radius 3 is 2.65 bits per heavy atom. The molecule has 0 bridgehead atoms. The van der Waals surface area contributed by atoms with Crippen LogP contribution in [0, 0.1) is 0 Å². The number of anilines is 1. The first-order valence-corrected chi connectivity index (χ1v) is 5.07. The van der Waals surface area contributed by atoms with Gasteiger partial charge in [-0.1, -0.05) is 18.2 Å². The van der Waals surface area contributed by atoms with Gasteiger partial charge in [0.15, 0.2) is 0 Å². The van der Waals surface area contributed by atoms with Crippen molar-refractivity contribution in [1.82, 2.24) is 0 Å². The zero-order valence-corrected chi connectivity index (χ0v) is 9.17. The van der Waals surface area contributed by atoms with E-state index in [2.05, 4.69) is 5.32 Å². The first-order chi connectivity index (χ1) is 8.15. The maximum Gasteiger partial charge on any atom is 0.414 e. The largest absolute Gasteiger partial charge is 0.418 e. The SMILES string of the molecule is CC1=C[C@@H](OC(=O)Nc2ccccc2)OC1=O. The number of cyclic esters (lactones) is 1. The molecule has 1 aromatic carbocycles. The normalized spacial score (nSPS) is 18.3. The summed E-state index contributed by atoms with van der Waals surface area (Å²) in [4.78, 5) is 22.4. The first-order valence-electron chi connectivity index (χ1n) is 5.07. The summed E-state index contributed by atoms with van der Waals surface area (Å²) in [7, 11) is 0. The quantitative estimate of drug-likeness (QED) is 0.794. The van der Waals surface area contributed by atoms with Gasteiger partial charge in [-0.05, 0) is 19.1 Å². The molecule has 0 aromatic heterocycles. The molecule has 0 saturated heterocycles. The lowest BCUT2D eigenvalue weighted by molar-refractivity contribution is -0.150. The van der Waals surface area contributed by atoms with Crippen LogP contribution in [0.4, 0.5) is 10.5 Å². The van der Waals surface area contributed by atoms with E-state index in [0.717, 1.165) is 0 Å². The third-order valence-corrected chi connectivity index (χ3v) is 2.17. The number of carbonyl (C=O) groups is 2. The van der Waals surface area contributed by atoms with Crippen LogP contribution in [0.2, 0.25) is 0 Å². The molecule has 0 aliphatic carbocycles. The van der Waals surface area contributed by atoms with Gasteiger partial charge in [0, 0.05) is 17.3 Å². The van der Waals surface area contributed by atoms with Crippen molar-refractivity contribution in [1.29, 1.82) is 0 Å². The van der Waals surface area contributed by atoms with Gasteiger partial charge in [-0.2, -0.15) is 0 Å². The Morgan fingerprint density at radius 2 is 2.06 bits per heavy atom. The van der Waals surface area contributed by atoms with Crippen molar-refractivity contribution in [3.63, 3.8) is 0 Å². The smallest absolute Gasteiger partial charge is 0.414 e. The monoisotopic (exact) mass is 233 g/mol. The molecule has 1 heterocycles. The van der Waals surface area contributed by atoms with Crippen molar-refractivity contribution in [2.24, 2.45) is 0 Å². The van der Waals surface area contributed by atoms with E-state index in [4.69, 9.17) is 9.47 Å². The van der Waals surface area contributed by atoms with Gasteiger partial charge >= 0.3 is 12.1 Å². The average molecular weight is 233 g/mol. The average Bonchev–Trinajstić information content (AvgIpc) is 2.59. The van der Waals surface area contributed by atoms with Crippen LogP contribution in [0.15, 0.2) is 42.0 Å². The Kier molecular flexibility index (Phi) is 3.09. The molecule has 1 aliphatic heterocycles. The summed E-state index contributed by atoms with van der Waals surface area (Å²) in [5, 5.41) is 2.52. The molecular weight excluding hydrogens is 222 g/mol. The van der Waals surface area contributed by atoms with Gasteiger partial charge in [0.2, 0.25) is 0 Å². The van der Waals surface area contributed by atoms with E-state index < -0.39 is 18.4 Å². The van der Waals surface area contributed by atoms with Gasteiger partial charge in [0.25, 0.3) is 6.29 Å². The number of nitrogens with one attached hydrogen (secondary N) is 1. The highest BCUT2D eigenvalue weighted by molar-refractivity contribution is 5.90. The Labute approximate surface area is 98.0 Å². The van der Waals surface area contributed by atoms with E-state index in [1.54, 1.807) is 31.2 Å². The molecule has 1 atom stereocenters. The summed E-state index contributed by atoms with van der Waals surface area (Å²) in [5.41, 5.74) is 1.05. The number of hydrogen-bond acceptors (Lipinski definition) is 4. The fourth-order valence-corrected chi connectivity index (χ4v) is 1.34. The van der Waals surface area contributed by atoms with Crippen LogP contribution in [0.1, 0.15) is 6.92 Å². The fraction of sp³-hybridized carbons (Fsp3) is 0.167. The molecule has 1 amide bonds. The van der Waals surface area contributed by atoms with Crippen LogP contribution >= 0.6 is 0 Å². The maximum atomic E-state index is 11.4. The Hall–Kier alpha value is -2.30. The lowest BCUT2D eigenvalue weighted by Crippen LogP contribution is -2.22. The molecular formula is C12H11NO4. The predicted octanol–water partition coefficient (Wildman–Crippen LogP) is 2.06. The zero-order valence-electron chi connectivity index (χ0n) is 9.17. The van der Waals surface area contributed by atoms with E-state index in [1.807, 2.05) is 6.07 Å². The molecule has 1 N–H and O–H groups in total. The van der Waals surface area contributed by atoms with Gasteiger partial charge in [-0.25, -0.2) is 9.59 Å². The third kappa shape index (κ3) is 2.84. The minimum atomic E-state index is -0.939. The molecule has 5 heteroatoms.